The fourth-order valence-corrected chi connectivity index (χ4v) is 1.19. The van der Waals surface area contributed by atoms with Crippen molar-refractivity contribution in [3.63, 3.8) is 0 Å². The van der Waals surface area contributed by atoms with Gasteiger partial charge >= 0.3 is 19.7 Å². The van der Waals surface area contributed by atoms with Crippen LogP contribution >= 0.6 is 0 Å². The lowest BCUT2D eigenvalue weighted by Crippen LogP contribution is -2.21. The van der Waals surface area contributed by atoms with Gasteiger partial charge in [-0.1, -0.05) is 0 Å². The Morgan fingerprint density at radius 2 is 1.31 bits per heavy atom. The molecule has 0 saturated heterocycles. The fourth-order valence-electron chi connectivity index (χ4n) is 0.397. The van der Waals surface area contributed by atoms with Crippen molar-refractivity contribution in [2.75, 3.05) is 21.3 Å². The molecule has 0 aliphatic carbocycles. The van der Waals surface area contributed by atoms with Crippen LogP contribution < -0.4 is 0 Å². The summed E-state index contributed by atoms with van der Waals surface area (Å²) in [5.41, 5.74) is 15.0. The molecular weight excluding hydrogens is 260 g/mol. The van der Waals surface area contributed by atoms with E-state index in [1.807, 2.05) is 9.82 Å². The van der Waals surface area contributed by atoms with Crippen LogP contribution in [0, 0.1) is 0 Å². The van der Waals surface area contributed by atoms with Gasteiger partial charge in [-0.05, 0) is 11.1 Å². The molecule has 0 radical (unpaired) electrons. The molecule has 13 heteroatoms. The van der Waals surface area contributed by atoms with Crippen LogP contribution in [-0.4, -0.2) is 39.3 Å². The molecule has 0 aromatic rings. The number of hydrogen-bond acceptors (Lipinski definition) is 5. The van der Waals surface area contributed by atoms with Crippen LogP contribution in [0.15, 0.2) is 9.04 Å². The molecule has 11 nitrogen and oxygen atoms in total. The van der Waals surface area contributed by atoms with Crippen molar-refractivity contribution in [2.45, 2.75) is 0 Å². The summed E-state index contributed by atoms with van der Waals surface area (Å²) in [6.45, 7) is 0. The highest BCUT2D eigenvalue weighted by atomic mass is 32.2. The van der Waals surface area contributed by atoms with Crippen LogP contribution in [0.25, 0.3) is 20.9 Å². The number of hydrogen-bond donors (Lipinski definition) is 0. The Bertz CT molecular complexity index is 338. The Morgan fingerprint density at radius 3 is 1.44 bits per heavy atom. The van der Waals surface area contributed by atoms with E-state index >= 15 is 0 Å². The molecule has 0 rings (SSSR count). The molecule has 0 atom stereocenters. The van der Waals surface area contributed by atoms with E-state index in [1.54, 1.807) is 21.3 Å². The summed E-state index contributed by atoms with van der Waals surface area (Å²) in [6, 6.07) is 0. The molecule has 0 unspecified atom stereocenters. The molecule has 0 amide bonds. The molecule has 0 aromatic heterocycles. The number of azide groups is 1. The zero-order valence-electron chi connectivity index (χ0n) is 8.71. The van der Waals surface area contributed by atoms with E-state index in [4.69, 9.17) is 24.3 Å². The summed E-state index contributed by atoms with van der Waals surface area (Å²) in [4.78, 5) is 3.80. The first-order chi connectivity index (χ1) is 7.47. The molecule has 0 heterocycles. The summed E-state index contributed by atoms with van der Waals surface area (Å²) >= 11 is 0. The zero-order chi connectivity index (χ0) is 13.0. The second-order valence-electron chi connectivity index (χ2n) is 1.79. The van der Waals surface area contributed by atoms with E-state index in [1.165, 1.54) is 0 Å². The van der Waals surface area contributed by atoms with Crippen molar-refractivity contribution < 1.29 is 21.7 Å². The second kappa shape index (κ2) is 10.2. The first-order valence-corrected chi connectivity index (χ1v) is 6.24. The van der Waals surface area contributed by atoms with Crippen LogP contribution in [0.4, 0.5) is 0 Å². The van der Waals surface area contributed by atoms with Crippen molar-refractivity contribution in [3.05, 3.63) is 20.9 Å². The van der Waals surface area contributed by atoms with Gasteiger partial charge in [-0.25, -0.2) is 8.42 Å². The lowest BCUT2D eigenvalue weighted by molar-refractivity contribution is 0.163. The lowest BCUT2D eigenvalue weighted by Gasteiger charge is -2.05. The first-order valence-electron chi connectivity index (χ1n) is 3.43. The molecule has 92 valence electrons. The quantitative estimate of drug-likeness (QED) is 0.307. The highest BCUT2D eigenvalue weighted by Gasteiger charge is 2.04. The van der Waals surface area contributed by atoms with E-state index < -0.39 is 19.7 Å². The van der Waals surface area contributed by atoms with Gasteiger partial charge in [0.1, 0.15) is 0 Å². The summed E-state index contributed by atoms with van der Waals surface area (Å²) in [5, 5.41) is 0. The van der Waals surface area contributed by atoms with Crippen molar-refractivity contribution in [3.8, 4) is 0 Å². The standard InChI is InChI=1S/C3H10O3Si.N6O2S/c1-4-7(5-2)6-3;1-3-5-9(7,8)6-4-2/h7H,1-3H3;. The number of rotatable bonds is 5. The predicted molar refractivity (Wildman–Crippen MR) is 55.4 cm³/mol. The van der Waals surface area contributed by atoms with E-state index in [0.29, 0.717) is 0 Å². The van der Waals surface area contributed by atoms with E-state index in [9.17, 15) is 8.42 Å². The third-order valence-corrected chi connectivity index (χ3v) is 2.57. The molecule has 0 aliphatic rings. The summed E-state index contributed by atoms with van der Waals surface area (Å²) in [7, 11) is -1.22. The molecule has 0 aromatic carbocycles. The van der Waals surface area contributed by atoms with Crippen LogP contribution in [-0.2, 0) is 23.5 Å². The van der Waals surface area contributed by atoms with Gasteiger partial charge in [0.15, 0.2) is 0 Å². The third kappa shape index (κ3) is 10.7. The Morgan fingerprint density at radius 1 is 1.00 bits per heavy atom. The topological polar surface area (TPSA) is 159 Å². The maximum absolute atomic E-state index is 9.99. The van der Waals surface area contributed by atoms with Crippen molar-refractivity contribution in [1.82, 2.24) is 0 Å². The largest absolute Gasteiger partial charge is 0.483 e. The van der Waals surface area contributed by atoms with E-state index in [-0.39, 0.29) is 0 Å². The minimum Gasteiger partial charge on any atom is -0.379 e. The van der Waals surface area contributed by atoms with Gasteiger partial charge in [0.05, 0.1) is 0 Å². The van der Waals surface area contributed by atoms with Gasteiger partial charge < -0.3 is 13.3 Å². The second-order valence-corrected chi connectivity index (χ2v) is 5.00. The van der Waals surface area contributed by atoms with Gasteiger partial charge in [0.25, 0.3) is 0 Å². The Balaban J connectivity index is 0. The molecule has 0 N–H and O–H groups in total. The Kier molecular flexibility index (Phi) is 10.9. The summed E-state index contributed by atoms with van der Waals surface area (Å²) in [5.74, 6) is 0. The summed E-state index contributed by atoms with van der Waals surface area (Å²) in [6.07, 6.45) is 0. The van der Waals surface area contributed by atoms with Gasteiger partial charge in [-0.3, -0.25) is 0 Å². The Labute approximate surface area is 93.3 Å². The average Bonchev–Trinajstić information content (AvgIpc) is 2.21. The summed E-state index contributed by atoms with van der Waals surface area (Å²) < 4.78 is 38.6. The average molecular weight is 270 g/mol. The Hall–Kier alpha value is -1.33. The normalized spacial score (nSPS) is 9.50. The predicted octanol–water partition coefficient (Wildman–Crippen LogP) is 0.495. The van der Waals surface area contributed by atoms with Gasteiger partial charge in [0, 0.05) is 40.2 Å². The molecule has 0 spiro atoms. The van der Waals surface area contributed by atoms with Crippen LogP contribution in [0.2, 0.25) is 0 Å². The minimum atomic E-state index is -4.27. The third-order valence-electron chi connectivity index (χ3n) is 0.857. The van der Waals surface area contributed by atoms with E-state index in [2.05, 4.69) is 9.04 Å². The van der Waals surface area contributed by atoms with Crippen molar-refractivity contribution in [2.24, 2.45) is 9.04 Å². The fraction of sp³-hybridized carbons (Fsp3) is 1.00. The first kappa shape index (κ1) is 17.1. The highest BCUT2D eigenvalue weighted by Crippen LogP contribution is 1.92. The van der Waals surface area contributed by atoms with Crippen LogP contribution in [0.1, 0.15) is 0 Å². The van der Waals surface area contributed by atoms with Gasteiger partial charge in [-0.15, -0.1) is 0 Å². The molecule has 0 fully saturated rings. The van der Waals surface area contributed by atoms with Crippen molar-refractivity contribution in [1.29, 1.82) is 0 Å². The van der Waals surface area contributed by atoms with Crippen LogP contribution in [0.3, 0.4) is 0 Å². The lowest BCUT2D eigenvalue weighted by atomic mass is 11.8. The SMILES string of the molecule is CO[SiH](OC)OC.[N-]=[N+]=NS(=O)(=O)N=[N+]=[N-]. The smallest absolute Gasteiger partial charge is 0.379 e. The zero-order valence-corrected chi connectivity index (χ0v) is 10.7. The van der Waals surface area contributed by atoms with Crippen molar-refractivity contribution >= 4 is 19.7 Å². The maximum Gasteiger partial charge on any atom is 0.483 e. The van der Waals surface area contributed by atoms with Crippen LogP contribution in [0.5, 0.6) is 0 Å². The molecular formula is C3H10N6O5SSi. The highest BCUT2D eigenvalue weighted by molar-refractivity contribution is 7.88. The number of nitrogens with zero attached hydrogens (tertiary/aromatic N) is 6. The van der Waals surface area contributed by atoms with Gasteiger partial charge in [0.2, 0.25) is 0 Å². The monoisotopic (exact) mass is 270 g/mol. The molecule has 0 aliphatic heterocycles. The molecule has 16 heavy (non-hydrogen) atoms. The minimum absolute atomic E-state index is 1.57. The van der Waals surface area contributed by atoms with Gasteiger partial charge in [-0.2, -0.15) is 0 Å². The maximum atomic E-state index is 9.99. The molecule has 0 bridgehead atoms. The molecule has 0 saturated carbocycles. The van der Waals surface area contributed by atoms with E-state index in [0.717, 1.165) is 0 Å².